The molecule has 1 N–H and O–H groups in total. The fraction of sp³-hybridized carbons (Fsp3) is 0.0769. The van der Waals surface area contributed by atoms with Gasteiger partial charge >= 0.3 is 0 Å². The lowest BCUT2D eigenvalue weighted by molar-refractivity contribution is -0.384. The molecule has 0 aliphatic rings. The Morgan fingerprint density at radius 1 is 1.21 bits per heavy atom. The number of rotatable bonds is 4. The van der Waals surface area contributed by atoms with Crippen LogP contribution in [0.25, 0.3) is 0 Å². The van der Waals surface area contributed by atoms with Crippen molar-refractivity contribution < 1.29 is 9.66 Å². The van der Waals surface area contributed by atoms with Crippen LogP contribution in [0, 0.1) is 10.1 Å². The maximum absolute atomic E-state index is 10.6. The number of benzene rings is 2. The number of nitro groups is 1. The first-order valence-electron chi connectivity index (χ1n) is 5.50. The van der Waals surface area contributed by atoms with Gasteiger partial charge in [-0.15, -0.1) is 0 Å². The minimum absolute atomic E-state index is 0.0668. The van der Waals surface area contributed by atoms with Gasteiger partial charge in [0, 0.05) is 24.9 Å². The van der Waals surface area contributed by atoms with Crippen molar-refractivity contribution in [2.75, 3.05) is 12.4 Å². The van der Waals surface area contributed by atoms with E-state index >= 15 is 0 Å². The van der Waals surface area contributed by atoms with Gasteiger partial charge < -0.3 is 10.1 Å². The zero-order valence-electron chi connectivity index (χ0n) is 10.1. The molecule has 0 amide bonds. The molecule has 0 heterocycles. The summed E-state index contributed by atoms with van der Waals surface area (Å²) in [7, 11) is 1.82. The first-order valence-corrected chi connectivity index (χ1v) is 5.87. The molecule has 0 radical (unpaired) electrons. The molecule has 2 aromatic carbocycles. The van der Waals surface area contributed by atoms with Crippen LogP contribution in [0.1, 0.15) is 0 Å². The molecular formula is C13H11ClN2O3. The van der Waals surface area contributed by atoms with Crippen molar-refractivity contribution in [1.82, 2.24) is 0 Å². The molecule has 0 saturated carbocycles. The summed E-state index contributed by atoms with van der Waals surface area (Å²) in [5, 5.41) is 13.8. The monoisotopic (exact) mass is 278 g/mol. The second-order valence-electron chi connectivity index (χ2n) is 3.75. The number of non-ortho nitro benzene ring substituents is 1. The van der Waals surface area contributed by atoms with Gasteiger partial charge in [0.1, 0.15) is 11.5 Å². The second kappa shape index (κ2) is 5.58. The number of nitro benzene ring substituents is 1. The van der Waals surface area contributed by atoms with E-state index in [9.17, 15) is 10.1 Å². The lowest BCUT2D eigenvalue weighted by Crippen LogP contribution is -1.91. The summed E-state index contributed by atoms with van der Waals surface area (Å²) >= 11 is 5.94. The molecule has 6 heteroatoms. The lowest BCUT2D eigenvalue weighted by atomic mass is 10.3. The van der Waals surface area contributed by atoms with Crippen molar-refractivity contribution in [2.24, 2.45) is 0 Å². The zero-order chi connectivity index (χ0) is 13.8. The predicted molar refractivity (Wildman–Crippen MR) is 74.2 cm³/mol. The maximum atomic E-state index is 10.6. The van der Waals surface area contributed by atoms with Crippen molar-refractivity contribution >= 4 is 23.0 Å². The van der Waals surface area contributed by atoms with Gasteiger partial charge in [-0.3, -0.25) is 10.1 Å². The quantitative estimate of drug-likeness (QED) is 0.676. The molecule has 0 atom stereocenters. The number of hydrogen-bond acceptors (Lipinski definition) is 4. The molecular weight excluding hydrogens is 268 g/mol. The van der Waals surface area contributed by atoms with Gasteiger partial charge in [-0.1, -0.05) is 11.6 Å². The van der Waals surface area contributed by atoms with E-state index < -0.39 is 4.92 Å². The van der Waals surface area contributed by atoms with Crippen LogP contribution in [-0.2, 0) is 0 Å². The third kappa shape index (κ3) is 3.14. The van der Waals surface area contributed by atoms with Crippen LogP contribution in [0.15, 0.2) is 42.5 Å². The molecule has 19 heavy (non-hydrogen) atoms. The Kier molecular flexibility index (Phi) is 3.87. The normalized spacial score (nSPS) is 10.0. The van der Waals surface area contributed by atoms with Crippen LogP contribution in [0.3, 0.4) is 0 Å². The Morgan fingerprint density at radius 3 is 2.42 bits per heavy atom. The summed E-state index contributed by atoms with van der Waals surface area (Å²) in [6, 6.07) is 11.4. The first kappa shape index (κ1) is 13.2. The van der Waals surface area contributed by atoms with Crippen LogP contribution in [-0.4, -0.2) is 12.0 Å². The Labute approximate surface area is 114 Å². The third-order valence-electron chi connectivity index (χ3n) is 2.50. The average Bonchev–Trinajstić information content (AvgIpc) is 2.41. The zero-order valence-corrected chi connectivity index (χ0v) is 10.8. The summed E-state index contributed by atoms with van der Waals surface area (Å²) < 4.78 is 5.56. The highest BCUT2D eigenvalue weighted by atomic mass is 35.5. The summed E-state index contributed by atoms with van der Waals surface area (Å²) in [4.78, 5) is 10.1. The van der Waals surface area contributed by atoms with E-state index in [1.54, 1.807) is 12.1 Å². The second-order valence-corrected chi connectivity index (χ2v) is 4.16. The summed E-state index contributed by atoms with van der Waals surface area (Å²) in [6.07, 6.45) is 0. The smallest absolute Gasteiger partial charge is 0.271 e. The van der Waals surface area contributed by atoms with E-state index in [4.69, 9.17) is 16.3 Å². The molecule has 0 aliphatic heterocycles. The minimum Gasteiger partial charge on any atom is -0.456 e. The molecule has 0 spiro atoms. The standard InChI is InChI=1S/C13H11ClN2O3/c1-15-9-2-5-11(6-3-9)19-13-7-4-10(16(17)18)8-12(13)14/h2-8,15H,1H3. The molecule has 2 aromatic rings. The highest BCUT2D eigenvalue weighted by Gasteiger charge is 2.10. The predicted octanol–water partition coefficient (Wildman–Crippen LogP) is 4.08. The summed E-state index contributed by atoms with van der Waals surface area (Å²) in [5.74, 6) is 0.985. The molecule has 0 aliphatic carbocycles. The van der Waals surface area contributed by atoms with Gasteiger partial charge in [0.05, 0.1) is 9.95 Å². The first-order chi connectivity index (χ1) is 9.10. The van der Waals surface area contributed by atoms with Crippen molar-refractivity contribution in [3.63, 3.8) is 0 Å². The van der Waals surface area contributed by atoms with E-state index in [2.05, 4.69) is 5.32 Å². The van der Waals surface area contributed by atoms with Crippen LogP contribution in [0.2, 0.25) is 5.02 Å². The van der Waals surface area contributed by atoms with Crippen molar-refractivity contribution in [3.8, 4) is 11.5 Å². The van der Waals surface area contributed by atoms with Gasteiger partial charge in [-0.25, -0.2) is 0 Å². The largest absolute Gasteiger partial charge is 0.456 e. The van der Waals surface area contributed by atoms with E-state index in [1.807, 2.05) is 19.2 Å². The van der Waals surface area contributed by atoms with Crippen molar-refractivity contribution in [1.29, 1.82) is 0 Å². The number of ether oxygens (including phenoxy) is 1. The Bertz CT molecular complexity index is 599. The SMILES string of the molecule is CNc1ccc(Oc2ccc([N+](=O)[O-])cc2Cl)cc1. The van der Waals surface area contributed by atoms with E-state index in [0.29, 0.717) is 11.5 Å². The van der Waals surface area contributed by atoms with Gasteiger partial charge in [-0.2, -0.15) is 0 Å². The topological polar surface area (TPSA) is 64.4 Å². The Morgan fingerprint density at radius 2 is 1.89 bits per heavy atom. The minimum atomic E-state index is -0.503. The van der Waals surface area contributed by atoms with Crippen LogP contribution in [0.5, 0.6) is 11.5 Å². The van der Waals surface area contributed by atoms with Crippen molar-refractivity contribution in [3.05, 3.63) is 57.6 Å². The highest BCUT2D eigenvalue weighted by molar-refractivity contribution is 6.32. The molecule has 5 nitrogen and oxygen atoms in total. The highest BCUT2D eigenvalue weighted by Crippen LogP contribution is 2.32. The molecule has 98 valence electrons. The van der Waals surface area contributed by atoms with Gasteiger partial charge in [-0.05, 0) is 30.3 Å². The van der Waals surface area contributed by atoms with Crippen LogP contribution in [0.4, 0.5) is 11.4 Å². The number of nitrogens with zero attached hydrogens (tertiary/aromatic N) is 1. The average molecular weight is 279 g/mol. The number of halogens is 1. The van der Waals surface area contributed by atoms with Gasteiger partial charge in [0.25, 0.3) is 5.69 Å². The van der Waals surface area contributed by atoms with E-state index in [1.165, 1.54) is 18.2 Å². The molecule has 0 bridgehead atoms. The summed E-state index contributed by atoms with van der Waals surface area (Å²) in [6.45, 7) is 0. The molecule has 0 saturated heterocycles. The van der Waals surface area contributed by atoms with E-state index in [0.717, 1.165) is 5.69 Å². The van der Waals surface area contributed by atoms with E-state index in [-0.39, 0.29) is 10.7 Å². The third-order valence-corrected chi connectivity index (χ3v) is 2.79. The maximum Gasteiger partial charge on any atom is 0.271 e. The number of nitrogens with one attached hydrogen (secondary N) is 1. The fourth-order valence-corrected chi connectivity index (χ4v) is 1.72. The number of hydrogen-bond donors (Lipinski definition) is 1. The Balaban J connectivity index is 2.20. The fourth-order valence-electron chi connectivity index (χ4n) is 1.50. The van der Waals surface area contributed by atoms with Crippen LogP contribution < -0.4 is 10.1 Å². The number of anilines is 1. The van der Waals surface area contributed by atoms with Gasteiger partial charge in [0.15, 0.2) is 0 Å². The van der Waals surface area contributed by atoms with Crippen molar-refractivity contribution in [2.45, 2.75) is 0 Å². The molecule has 2 rings (SSSR count). The summed E-state index contributed by atoms with van der Waals surface area (Å²) in [5.41, 5.74) is 0.894. The Hall–Kier alpha value is -2.27. The molecule has 0 aromatic heterocycles. The van der Waals surface area contributed by atoms with Gasteiger partial charge in [0.2, 0.25) is 0 Å². The molecule has 0 unspecified atom stereocenters. The lowest BCUT2D eigenvalue weighted by Gasteiger charge is -2.08. The molecule has 0 fully saturated rings. The van der Waals surface area contributed by atoms with Crippen LogP contribution >= 0.6 is 11.6 Å².